The lowest BCUT2D eigenvalue weighted by atomic mass is 10.1. The summed E-state index contributed by atoms with van der Waals surface area (Å²) in [6.45, 7) is 6.58. The molecule has 2 N–H and O–H groups in total. The summed E-state index contributed by atoms with van der Waals surface area (Å²) < 4.78 is 5.92. The van der Waals surface area contributed by atoms with Gasteiger partial charge in [0.2, 0.25) is 0 Å². The Labute approximate surface area is 136 Å². The highest BCUT2D eigenvalue weighted by Crippen LogP contribution is 2.24. The van der Waals surface area contributed by atoms with Gasteiger partial charge in [-0.05, 0) is 74.6 Å². The van der Waals surface area contributed by atoms with Crippen molar-refractivity contribution in [3.05, 3.63) is 52.3 Å². The van der Waals surface area contributed by atoms with Gasteiger partial charge in [0.05, 0.1) is 24.2 Å². The number of nitrogens with two attached hydrogens (primary N) is 1. The number of hydrogen-bond donors (Lipinski definition) is 1. The van der Waals surface area contributed by atoms with Crippen LogP contribution in [0.5, 0.6) is 5.75 Å². The Hall–Kier alpha value is -2.47. The second-order valence-corrected chi connectivity index (χ2v) is 5.44. The van der Waals surface area contributed by atoms with Crippen LogP contribution in [0.2, 0.25) is 0 Å². The van der Waals surface area contributed by atoms with Crippen molar-refractivity contribution >= 4 is 6.21 Å². The maximum Gasteiger partial charge on any atom is 0.125 e. The van der Waals surface area contributed by atoms with Crippen molar-refractivity contribution in [2.75, 3.05) is 6.61 Å². The maximum absolute atomic E-state index is 5.92. The van der Waals surface area contributed by atoms with Gasteiger partial charge in [0.25, 0.3) is 0 Å². The van der Waals surface area contributed by atoms with E-state index in [2.05, 4.69) is 20.3 Å². The molecule has 23 heavy (non-hydrogen) atoms. The molecule has 0 fully saturated rings. The summed E-state index contributed by atoms with van der Waals surface area (Å²) in [5, 5.41) is 11.8. The second kappa shape index (κ2) is 8.24. The molecule has 122 valence electrons. The van der Waals surface area contributed by atoms with Gasteiger partial charge in [-0.25, -0.2) is 0 Å². The van der Waals surface area contributed by atoms with Crippen LogP contribution in [0.1, 0.15) is 34.5 Å². The SMILES string of the molecule is Cc1ccc(CCCOc2c(C)cc(C=NON)cc2C)nn1. The van der Waals surface area contributed by atoms with Gasteiger partial charge in [-0.2, -0.15) is 10.2 Å². The van der Waals surface area contributed by atoms with Crippen LogP contribution >= 0.6 is 0 Å². The van der Waals surface area contributed by atoms with Crippen molar-refractivity contribution in [2.24, 2.45) is 11.1 Å². The second-order valence-electron chi connectivity index (χ2n) is 5.44. The van der Waals surface area contributed by atoms with E-state index in [0.717, 1.165) is 46.7 Å². The lowest BCUT2D eigenvalue weighted by Crippen LogP contribution is -2.04. The van der Waals surface area contributed by atoms with Crippen LogP contribution in [-0.2, 0) is 11.4 Å². The van der Waals surface area contributed by atoms with Gasteiger partial charge in [0, 0.05) is 0 Å². The first-order valence-corrected chi connectivity index (χ1v) is 7.52. The summed E-state index contributed by atoms with van der Waals surface area (Å²) in [6, 6.07) is 7.95. The van der Waals surface area contributed by atoms with Crippen molar-refractivity contribution in [1.82, 2.24) is 10.2 Å². The molecule has 0 spiro atoms. The third-order valence-corrected chi connectivity index (χ3v) is 3.42. The van der Waals surface area contributed by atoms with Crippen LogP contribution in [0.15, 0.2) is 29.4 Å². The predicted molar refractivity (Wildman–Crippen MR) is 89.4 cm³/mol. The van der Waals surface area contributed by atoms with E-state index in [-0.39, 0.29) is 0 Å². The largest absolute Gasteiger partial charge is 0.493 e. The molecule has 0 aliphatic rings. The zero-order valence-electron chi connectivity index (χ0n) is 13.7. The van der Waals surface area contributed by atoms with Crippen LogP contribution in [-0.4, -0.2) is 23.0 Å². The van der Waals surface area contributed by atoms with Gasteiger partial charge >= 0.3 is 0 Å². The van der Waals surface area contributed by atoms with Crippen molar-refractivity contribution in [2.45, 2.75) is 33.6 Å². The molecule has 6 nitrogen and oxygen atoms in total. The molecular weight excluding hydrogens is 292 g/mol. The third kappa shape index (κ3) is 5.03. The van der Waals surface area contributed by atoms with Crippen molar-refractivity contribution < 1.29 is 9.68 Å². The van der Waals surface area contributed by atoms with Gasteiger partial charge in [-0.1, -0.05) is 5.16 Å². The molecule has 1 aromatic heterocycles. The Morgan fingerprint density at radius 3 is 2.48 bits per heavy atom. The Kier molecular flexibility index (Phi) is 6.05. The van der Waals surface area contributed by atoms with Crippen LogP contribution in [0.4, 0.5) is 0 Å². The average molecular weight is 314 g/mol. The molecule has 2 rings (SSSR count). The van der Waals surface area contributed by atoms with Gasteiger partial charge in [-0.3, -0.25) is 0 Å². The van der Waals surface area contributed by atoms with E-state index in [1.165, 1.54) is 0 Å². The monoisotopic (exact) mass is 314 g/mol. The first-order chi connectivity index (χ1) is 11.1. The van der Waals surface area contributed by atoms with Crippen LogP contribution in [0.25, 0.3) is 0 Å². The van der Waals surface area contributed by atoms with Crippen molar-refractivity contribution in [1.29, 1.82) is 0 Å². The molecule has 0 saturated carbocycles. The summed E-state index contributed by atoms with van der Waals surface area (Å²) in [6.07, 6.45) is 3.31. The minimum absolute atomic E-state index is 0.635. The summed E-state index contributed by atoms with van der Waals surface area (Å²) >= 11 is 0. The molecule has 1 heterocycles. The number of ether oxygens (including phenoxy) is 1. The lowest BCUT2D eigenvalue weighted by molar-refractivity contribution is 0.150. The van der Waals surface area contributed by atoms with E-state index < -0.39 is 0 Å². The lowest BCUT2D eigenvalue weighted by Gasteiger charge is -2.13. The summed E-state index contributed by atoms with van der Waals surface area (Å²) in [4.78, 5) is 4.21. The Bertz CT molecular complexity index is 646. The molecule has 0 bridgehead atoms. The fourth-order valence-electron chi connectivity index (χ4n) is 2.36. The molecule has 0 atom stereocenters. The predicted octanol–water partition coefficient (Wildman–Crippen LogP) is 2.64. The van der Waals surface area contributed by atoms with Crippen molar-refractivity contribution in [3.63, 3.8) is 0 Å². The number of nitrogens with zero attached hydrogens (tertiary/aromatic N) is 3. The average Bonchev–Trinajstić information content (AvgIpc) is 2.53. The zero-order valence-corrected chi connectivity index (χ0v) is 13.7. The summed E-state index contributed by atoms with van der Waals surface area (Å²) in [5.74, 6) is 5.80. The number of hydrogen-bond acceptors (Lipinski definition) is 6. The smallest absolute Gasteiger partial charge is 0.125 e. The first-order valence-electron chi connectivity index (χ1n) is 7.52. The van der Waals surface area contributed by atoms with E-state index in [4.69, 9.17) is 10.6 Å². The topological polar surface area (TPSA) is 82.6 Å². The summed E-state index contributed by atoms with van der Waals surface area (Å²) in [7, 11) is 0. The highest BCUT2D eigenvalue weighted by molar-refractivity contribution is 5.80. The third-order valence-electron chi connectivity index (χ3n) is 3.42. The molecule has 6 heteroatoms. The van der Waals surface area contributed by atoms with Gasteiger partial charge < -0.3 is 9.68 Å². The molecule has 0 saturated heterocycles. The van der Waals surface area contributed by atoms with E-state index in [0.29, 0.717) is 6.61 Å². The Balaban J connectivity index is 1.90. The number of aryl methyl sites for hydroxylation is 4. The molecular formula is C17H22N4O2. The number of aromatic nitrogens is 2. The van der Waals surface area contributed by atoms with Crippen LogP contribution < -0.4 is 10.6 Å². The molecule has 0 aliphatic heterocycles. The molecule has 0 unspecified atom stereocenters. The van der Waals surface area contributed by atoms with E-state index in [1.807, 2.05) is 45.0 Å². The van der Waals surface area contributed by atoms with Crippen LogP contribution in [0.3, 0.4) is 0 Å². The Morgan fingerprint density at radius 2 is 1.87 bits per heavy atom. The first kappa shape index (κ1) is 16.9. The van der Waals surface area contributed by atoms with E-state index in [1.54, 1.807) is 6.21 Å². The van der Waals surface area contributed by atoms with Crippen LogP contribution in [0, 0.1) is 20.8 Å². The minimum atomic E-state index is 0.635. The van der Waals surface area contributed by atoms with Gasteiger partial charge in [-0.15, -0.1) is 5.90 Å². The number of rotatable bonds is 7. The molecule has 0 amide bonds. The highest BCUT2D eigenvalue weighted by Gasteiger charge is 2.06. The molecule has 1 aromatic carbocycles. The normalized spacial score (nSPS) is 11.0. The van der Waals surface area contributed by atoms with Gasteiger partial charge in [0.15, 0.2) is 0 Å². The quantitative estimate of drug-likeness (QED) is 0.482. The zero-order chi connectivity index (χ0) is 16.7. The fourth-order valence-corrected chi connectivity index (χ4v) is 2.36. The molecule has 0 radical (unpaired) electrons. The van der Waals surface area contributed by atoms with Crippen molar-refractivity contribution in [3.8, 4) is 5.75 Å². The van der Waals surface area contributed by atoms with E-state index >= 15 is 0 Å². The maximum atomic E-state index is 5.92. The summed E-state index contributed by atoms with van der Waals surface area (Å²) in [5.41, 5.74) is 4.95. The number of benzene rings is 1. The fraction of sp³-hybridized carbons (Fsp3) is 0.353. The van der Waals surface area contributed by atoms with Gasteiger partial charge in [0.1, 0.15) is 5.75 Å². The Morgan fingerprint density at radius 1 is 1.13 bits per heavy atom. The standard InChI is InChI=1S/C17H22N4O2/c1-12-9-15(11-19-23-18)10-13(2)17(12)22-8-4-5-16-7-6-14(3)20-21-16/h6-7,9-11H,4-5,8,18H2,1-3H3. The number of oxime groups is 1. The molecule has 0 aliphatic carbocycles. The highest BCUT2D eigenvalue weighted by atomic mass is 16.7. The molecule has 2 aromatic rings. The minimum Gasteiger partial charge on any atom is -0.493 e. The van der Waals surface area contributed by atoms with E-state index in [9.17, 15) is 0 Å².